The quantitative estimate of drug-likeness (QED) is 0.778. The van der Waals surface area contributed by atoms with Crippen molar-refractivity contribution < 1.29 is 0 Å². The van der Waals surface area contributed by atoms with Gasteiger partial charge in [0.15, 0.2) is 0 Å². The van der Waals surface area contributed by atoms with Crippen LogP contribution in [-0.4, -0.2) is 4.98 Å². The summed E-state index contributed by atoms with van der Waals surface area (Å²) in [5, 5.41) is 1.14. The first-order valence-corrected chi connectivity index (χ1v) is 7.87. The molecule has 0 radical (unpaired) electrons. The fourth-order valence-corrected chi connectivity index (χ4v) is 4.22. The molecule has 1 saturated carbocycles. The molecule has 0 saturated heterocycles. The molecule has 1 heterocycles. The summed E-state index contributed by atoms with van der Waals surface area (Å²) >= 11 is 5.34. The van der Waals surface area contributed by atoms with Crippen molar-refractivity contribution in [1.29, 1.82) is 0 Å². The minimum atomic E-state index is 0.166. The summed E-state index contributed by atoms with van der Waals surface area (Å²) < 4.78 is 1.14. The standard InChI is InChI=1S/C14H13BrN2S/c15-9-3-4-10-8(5-9)6-11-13(10)17-14(18-11)12(16)7-1-2-7/h3-5,7,12H,1-2,6,16H2. The van der Waals surface area contributed by atoms with Crippen LogP contribution in [0, 0.1) is 5.92 Å². The van der Waals surface area contributed by atoms with Crippen LogP contribution >= 0.6 is 27.3 Å². The summed E-state index contributed by atoms with van der Waals surface area (Å²) in [4.78, 5) is 6.18. The zero-order valence-electron chi connectivity index (χ0n) is 9.82. The van der Waals surface area contributed by atoms with Gasteiger partial charge < -0.3 is 5.73 Å². The van der Waals surface area contributed by atoms with Crippen LogP contribution in [0.4, 0.5) is 0 Å². The van der Waals surface area contributed by atoms with Crippen LogP contribution in [0.3, 0.4) is 0 Å². The number of nitrogens with zero attached hydrogens (tertiary/aromatic N) is 1. The molecule has 18 heavy (non-hydrogen) atoms. The minimum absolute atomic E-state index is 0.166. The highest BCUT2D eigenvalue weighted by Gasteiger charge is 2.33. The zero-order chi connectivity index (χ0) is 12.3. The predicted octanol–water partition coefficient (Wildman–Crippen LogP) is 3.89. The van der Waals surface area contributed by atoms with E-state index in [9.17, 15) is 0 Å². The van der Waals surface area contributed by atoms with Crippen LogP contribution in [0.2, 0.25) is 0 Å². The Labute approximate surface area is 118 Å². The molecule has 2 aliphatic carbocycles. The number of thiazole rings is 1. The number of hydrogen-bond donors (Lipinski definition) is 1. The summed E-state index contributed by atoms with van der Waals surface area (Å²) in [5.74, 6) is 0.681. The third kappa shape index (κ3) is 1.67. The highest BCUT2D eigenvalue weighted by molar-refractivity contribution is 9.10. The molecule has 92 valence electrons. The first kappa shape index (κ1) is 11.1. The third-order valence-corrected chi connectivity index (χ3v) is 5.45. The fourth-order valence-electron chi connectivity index (χ4n) is 2.61. The van der Waals surface area contributed by atoms with E-state index in [1.165, 1.54) is 34.5 Å². The molecule has 1 atom stereocenters. The molecule has 2 N–H and O–H groups in total. The molecule has 2 nitrogen and oxygen atoms in total. The largest absolute Gasteiger partial charge is 0.322 e. The average Bonchev–Trinajstić information content (AvgIpc) is 3.02. The molecule has 0 aliphatic heterocycles. The van der Waals surface area contributed by atoms with E-state index in [0.29, 0.717) is 5.92 Å². The summed E-state index contributed by atoms with van der Waals surface area (Å²) in [6, 6.07) is 6.62. The highest BCUT2D eigenvalue weighted by atomic mass is 79.9. The van der Waals surface area contributed by atoms with E-state index in [1.807, 2.05) is 11.3 Å². The van der Waals surface area contributed by atoms with Gasteiger partial charge in [0.05, 0.1) is 11.7 Å². The number of nitrogens with two attached hydrogens (primary N) is 1. The Kier molecular flexibility index (Phi) is 2.41. The number of halogens is 1. The van der Waals surface area contributed by atoms with Gasteiger partial charge in [0.25, 0.3) is 0 Å². The molecule has 1 unspecified atom stereocenters. The maximum Gasteiger partial charge on any atom is 0.111 e. The Morgan fingerprint density at radius 1 is 1.39 bits per heavy atom. The predicted molar refractivity (Wildman–Crippen MR) is 77.7 cm³/mol. The van der Waals surface area contributed by atoms with E-state index in [1.54, 1.807) is 0 Å². The lowest BCUT2D eigenvalue weighted by atomic mass is 10.1. The van der Waals surface area contributed by atoms with E-state index in [2.05, 4.69) is 34.1 Å². The minimum Gasteiger partial charge on any atom is -0.322 e. The Bertz CT molecular complexity index is 631. The number of fused-ring (bicyclic) bond motifs is 3. The van der Waals surface area contributed by atoms with Gasteiger partial charge in [-0.2, -0.15) is 0 Å². The van der Waals surface area contributed by atoms with Gasteiger partial charge in [-0.05, 0) is 36.5 Å². The second-order valence-corrected chi connectivity index (χ2v) is 7.20. The van der Waals surface area contributed by atoms with Crippen molar-refractivity contribution in [2.75, 3.05) is 0 Å². The third-order valence-electron chi connectivity index (χ3n) is 3.80. The molecule has 1 fully saturated rings. The highest BCUT2D eigenvalue weighted by Crippen LogP contribution is 2.45. The molecule has 1 aromatic heterocycles. The topological polar surface area (TPSA) is 38.9 Å². The number of rotatable bonds is 2. The van der Waals surface area contributed by atoms with Gasteiger partial charge >= 0.3 is 0 Å². The molecule has 2 aliphatic rings. The second-order valence-electron chi connectivity index (χ2n) is 5.17. The van der Waals surface area contributed by atoms with E-state index >= 15 is 0 Å². The molecule has 4 heteroatoms. The van der Waals surface area contributed by atoms with Crippen LogP contribution < -0.4 is 5.73 Å². The number of hydrogen-bond acceptors (Lipinski definition) is 3. The second kappa shape index (κ2) is 3.89. The van der Waals surface area contributed by atoms with E-state index < -0.39 is 0 Å². The molecule has 0 spiro atoms. The lowest BCUT2D eigenvalue weighted by Gasteiger charge is -2.06. The molecular formula is C14H13BrN2S. The molecule has 1 aromatic carbocycles. The Morgan fingerprint density at radius 3 is 3.00 bits per heavy atom. The van der Waals surface area contributed by atoms with Crippen molar-refractivity contribution in [2.24, 2.45) is 11.7 Å². The van der Waals surface area contributed by atoms with Crippen molar-refractivity contribution in [3.05, 3.63) is 38.1 Å². The monoisotopic (exact) mass is 320 g/mol. The van der Waals surface area contributed by atoms with Crippen molar-refractivity contribution in [3.8, 4) is 11.3 Å². The fraction of sp³-hybridized carbons (Fsp3) is 0.357. The van der Waals surface area contributed by atoms with Crippen LogP contribution in [0.25, 0.3) is 11.3 Å². The van der Waals surface area contributed by atoms with Crippen LogP contribution in [0.15, 0.2) is 22.7 Å². The summed E-state index contributed by atoms with van der Waals surface area (Å²) in [5.41, 5.74) is 10.1. The van der Waals surface area contributed by atoms with Gasteiger partial charge in [-0.3, -0.25) is 0 Å². The van der Waals surface area contributed by atoms with Crippen molar-refractivity contribution in [2.45, 2.75) is 25.3 Å². The first-order chi connectivity index (χ1) is 8.72. The van der Waals surface area contributed by atoms with Gasteiger partial charge in [0.2, 0.25) is 0 Å². The van der Waals surface area contributed by atoms with Crippen LogP contribution in [-0.2, 0) is 6.42 Å². The van der Waals surface area contributed by atoms with E-state index in [4.69, 9.17) is 10.7 Å². The molecule has 4 rings (SSSR count). The SMILES string of the molecule is NC(c1nc2c(s1)Cc1cc(Br)ccc1-2)C1CC1. The Hall–Kier alpha value is -0.710. The maximum atomic E-state index is 6.25. The van der Waals surface area contributed by atoms with Gasteiger partial charge in [-0.25, -0.2) is 4.98 Å². The maximum absolute atomic E-state index is 6.25. The average molecular weight is 321 g/mol. The van der Waals surface area contributed by atoms with Gasteiger partial charge in [0, 0.05) is 21.3 Å². The first-order valence-electron chi connectivity index (χ1n) is 6.26. The molecule has 2 aromatic rings. The summed E-state index contributed by atoms with van der Waals surface area (Å²) in [7, 11) is 0. The molecule has 0 bridgehead atoms. The Morgan fingerprint density at radius 2 is 2.22 bits per heavy atom. The van der Waals surface area contributed by atoms with Crippen LogP contribution in [0.5, 0.6) is 0 Å². The van der Waals surface area contributed by atoms with Crippen molar-refractivity contribution in [1.82, 2.24) is 4.98 Å². The summed E-state index contributed by atoms with van der Waals surface area (Å²) in [6.45, 7) is 0. The smallest absolute Gasteiger partial charge is 0.111 e. The van der Waals surface area contributed by atoms with E-state index in [-0.39, 0.29) is 6.04 Å². The van der Waals surface area contributed by atoms with Crippen molar-refractivity contribution >= 4 is 27.3 Å². The normalized spacial score (nSPS) is 18.6. The molecular weight excluding hydrogens is 308 g/mol. The van der Waals surface area contributed by atoms with Gasteiger partial charge in [-0.15, -0.1) is 11.3 Å². The van der Waals surface area contributed by atoms with Crippen LogP contribution in [0.1, 0.15) is 34.3 Å². The van der Waals surface area contributed by atoms with Gasteiger partial charge in [-0.1, -0.05) is 22.0 Å². The Balaban J connectivity index is 1.76. The lowest BCUT2D eigenvalue weighted by molar-refractivity contribution is 0.629. The van der Waals surface area contributed by atoms with Crippen molar-refractivity contribution in [3.63, 3.8) is 0 Å². The zero-order valence-corrected chi connectivity index (χ0v) is 12.2. The van der Waals surface area contributed by atoms with Gasteiger partial charge in [0.1, 0.15) is 5.01 Å². The number of benzene rings is 1. The molecule has 0 amide bonds. The van der Waals surface area contributed by atoms with E-state index in [0.717, 1.165) is 15.9 Å². The summed E-state index contributed by atoms with van der Waals surface area (Å²) in [6.07, 6.45) is 3.56. The number of aromatic nitrogens is 1. The lowest BCUT2D eigenvalue weighted by Crippen LogP contribution is -2.11.